The molecule has 1 aliphatic heterocycles. The van der Waals surface area contributed by atoms with Crippen LogP contribution in [0.2, 0.25) is 0 Å². The number of cyclic esters (lactones) is 1. The number of hydrogen-bond acceptors (Lipinski definition) is 4. The van der Waals surface area contributed by atoms with Gasteiger partial charge in [-0.15, -0.1) is 0 Å². The Bertz CT molecular complexity index is 897. The lowest BCUT2D eigenvalue weighted by molar-refractivity contribution is 0.107. The largest absolute Gasteiger partial charge is 0.441 e. The molecule has 1 atom stereocenters. The molecule has 26 heavy (non-hydrogen) atoms. The number of carbonyl (C=O) groups is 1. The van der Waals surface area contributed by atoms with Gasteiger partial charge in [0.2, 0.25) is 10.0 Å². The van der Waals surface area contributed by atoms with E-state index in [1.165, 1.54) is 0 Å². The molecule has 0 fully saturated rings. The summed E-state index contributed by atoms with van der Waals surface area (Å²) in [5.41, 5.74) is 2.52. The van der Waals surface area contributed by atoms with Crippen LogP contribution in [0.5, 0.6) is 0 Å². The molecule has 1 N–H and O–H groups in total. The van der Waals surface area contributed by atoms with Gasteiger partial charge in [-0.2, -0.15) is 0 Å². The smallest absolute Gasteiger partial charge is 0.414 e. The normalized spacial score (nSPS) is 16.9. The van der Waals surface area contributed by atoms with Crippen molar-refractivity contribution in [2.75, 3.05) is 11.4 Å². The fourth-order valence-corrected chi connectivity index (χ4v) is 4.00. The van der Waals surface area contributed by atoms with Crippen LogP contribution in [-0.4, -0.2) is 21.1 Å². The fourth-order valence-electron chi connectivity index (χ4n) is 2.96. The van der Waals surface area contributed by atoms with Crippen molar-refractivity contribution in [3.63, 3.8) is 0 Å². The molecule has 1 aliphatic rings. The van der Waals surface area contributed by atoms with Crippen LogP contribution in [0.1, 0.15) is 37.5 Å². The summed E-state index contributed by atoms with van der Waals surface area (Å²) >= 11 is 0. The predicted octanol–water partition coefficient (Wildman–Crippen LogP) is 3.59. The summed E-state index contributed by atoms with van der Waals surface area (Å²) in [5.74, 6) is 0. The second-order valence-corrected chi connectivity index (χ2v) is 7.98. The van der Waals surface area contributed by atoms with Gasteiger partial charge in [-0.3, -0.25) is 4.90 Å². The SMILES string of the molecule is CCCN1C(=O)OC(C)c2cc(CNS(=O)(=O)c3ccccc3)ccc21. The topological polar surface area (TPSA) is 75.7 Å². The second kappa shape index (κ2) is 7.47. The zero-order valence-electron chi connectivity index (χ0n) is 14.8. The number of benzene rings is 2. The average molecular weight is 374 g/mol. The number of fused-ring (bicyclic) bond motifs is 1. The van der Waals surface area contributed by atoms with E-state index < -0.39 is 10.0 Å². The first-order chi connectivity index (χ1) is 12.4. The Kier molecular flexibility index (Phi) is 5.29. The summed E-state index contributed by atoms with van der Waals surface area (Å²) in [5, 5.41) is 0. The zero-order valence-corrected chi connectivity index (χ0v) is 15.6. The molecule has 0 saturated carbocycles. The number of ether oxygens (including phenoxy) is 1. The highest BCUT2D eigenvalue weighted by atomic mass is 32.2. The van der Waals surface area contributed by atoms with E-state index in [1.54, 1.807) is 35.2 Å². The summed E-state index contributed by atoms with van der Waals surface area (Å²) in [7, 11) is -3.57. The minimum absolute atomic E-state index is 0.166. The van der Waals surface area contributed by atoms with E-state index in [9.17, 15) is 13.2 Å². The van der Waals surface area contributed by atoms with Crippen LogP contribution in [0.3, 0.4) is 0 Å². The monoisotopic (exact) mass is 374 g/mol. The molecule has 3 rings (SSSR count). The van der Waals surface area contributed by atoms with E-state index in [0.29, 0.717) is 6.54 Å². The molecule has 1 unspecified atom stereocenters. The standard InChI is InChI=1S/C19H22N2O4S/c1-3-11-21-18-10-9-15(12-17(18)14(2)25-19(21)22)13-20-26(23,24)16-7-5-4-6-8-16/h4-10,12,14,20H,3,11,13H2,1-2H3. The molecule has 0 aromatic heterocycles. The van der Waals surface area contributed by atoms with Gasteiger partial charge in [0.05, 0.1) is 10.6 Å². The number of rotatable bonds is 6. The van der Waals surface area contributed by atoms with Crippen molar-refractivity contribution >= 4 is 21.8 Å². The molecular weight excluding hydrogens is 352 g/mol. The van der Waals surface area contributed by atoms with Gasteiger partial charge in [0.25, 0.3) is 0 Å². The highest BCUT2D eigenvalue weighted by molar-refractivity contribution is 7.89. The quantitative estimate of drug-likeness (QED) is 0.838. The van der Waals surface area contributed by atoms with E-state index >= 15 is 0 Å². The van der Waals surface area contributed by atoms with Gasteiger partial charge in [-0.1, -0.05) is 31.2 Å². The van der Waals surface area contributed by atoms with Crippen LogP contribution in [0.4, 0.5) is 10.5 Å². The van der Waals surface area contributed by atoms with Gasteiger partial charge in [0.15, 0.2) is 0 Å². The molecule has 1 amide bonds. The molecular formula is C19H22N2O4S. The van der Waals surface area contributed by atoms with E-state index in [1.807, 2.05) is 32.0 Å². The molecule has 0 saturated heterocycles. The lowest BCUT2D eigenvalue weighted by atomic mass is 10.0. The number of anilines is 1. The van der Waals surface area contributed by atoms with Crippen molar-refractivity contribution in [2.24, 2.45) is 0 Å². The first kappa shape index (κ1) is 18.4. The van der Waals surface area contributed by atoms with Crippen LogP contribution >= 0.6 is 0 Å². The average Bonchev–Trinajstić information content (AvgIpc) is 2.64. The Morgan fingerprint density at radius 3 is 2.58 bits per heavy atom. The zero-order chi connectivity index (χ0) is 18.7. The molecule has 0 aliphatic carbocycles. The molecule has 0 radical (unpaired) electrons. The van der Waals surface area contributed by atoms with Gasteiger partial charge >= 0.3 is 6.09 Å². The third-order valence-corrected chi connectivity index (χ3v) is 5.70. The lowest BCUT2D eigenvalue weighted by Crippen LogP contribution is -2.37. The number of nitrogens with one attached hydrogen (secondary N) is 1. The molecule has 0 spiro atoms. The van der Waals surface area contributed by atoms with Crippen molar-refractivity contribution in [1.82, 2.24) is 4.72 Å². The van der Waals surface area contributed by atoms with Crippen LogP contribution in [0.25, 0.3) is 0 Å². The third kappa shape index (κ3) is 3.73. The van der Waals surface area contributed by atoms with Crippen molar-refractivity contribution in [1.29, 1.82) is 0 Å². The van der Waals surface area contributed by atoms with Crippen LogP contribution in [0.15, 0.2) is 53.4 Å². The van der Waals surface area contributed by atoms with E-state index in [4.69, 9.17) is 4.74 Å². The van der Waals surface area contributed by atoms with Crippen LogP contribution < -0.4 is 9.62 Å². The highest BCUT2D eigenvalue weighted by Crippen LogP contribution is 2.35. The number of sulfonamides is 1. The number of nitrogens with zero attached hydrogens (tertiary/aromatic N) is 1. The van der Waals surface area contributed by atoms with Crippen molar-refractivity contribution in [2.45, 2.75) is 37.8 Å². The summed E-state index contributed by atoms with van der Waals surface area (Å²) < 4.78 is 32.7. The maximum absolute atomic E-state index is 12.4. The van der Waals surface area contributed by atoms with E-state index in [2.05, 4.69) is 4.72 Å². The van der Waals surface area contributed by atoms with E-state index in [-0.39, 0.29) is 23.6 Å². The van der Waals surface area contributed by atoms with Crippen LogP contribution in [-0.2, 0) is 21.3 Å². The lowest BCUT2D eigenvalue weighted by Gasteiger charge is -2.32. The summed E-state index contributed by atoms with van der Waals surface area (Å²) in [4.78, 5) is 13.9. The Hall–Kier alpha value is -2.38. The van der Waals surface area contributed by atoms with E-state index in [0.717, 1.165) is 23.2 Å². The third-order valence-electron chi connectivity index (χ3n) is 4.29. The van der Waals surface area contributed by atoms with Gasteiger partial charge in [0, 0.05) is 18.7 Å². The van der Waals surface area contributed by atoms with Crippen molar-refractivity contribution < 1.29 is 17.9 Å². The molecule has 1 heterocycles. The highest BCUT2D eigenvalue weighted by Gasteiger charge is 2.30. The van der Waals surface area contributed by atoms with Gasteiger partial charge in [-0.05, 0) is 43.2 Å². The minimum Gasteiger partial charge on any atom is -0.441 e. The summed E-state index contributed by atoms with van der Waals surface area (Å²) in [6.07, 6.45) is 0.113. The number of carbonyl (C=O) groups excluding carboxylic acids is 1. The maximum atomic E-state index is 12.4. The molecule has 138 valence electrons. The first-order valence-corrected chi connectivity index (χ1v) is 10.1. The summed E-state index contributed by atoms with van der Waals surface area (Å²) in [6.45, 7) is 4.56. The predicted molar refractivity (Wildman–Crippen MR) is 99.4 cm³/mol. The Morgan fingerprint density at radius 1 is 1.15 bits per heavy atom. The molecule has 2 aromatic carbocycles. The Morgan fingerprint density at radius 2 is 1.88 bits per heavy atom. The maximum Gasteiger partial charge on any atom is 0.414 e. The van der Waals surface area contributed by atoms with Crippen LogP contribution in [0, 0.1) is 0 Å². The molecule has 2 aromatic rings. The molecule has 7 heteroatoms. The second-order valence-electron chi connectivity index (χ2n) is 6.21. The Balaban J connectivity index is 1.81. The van der Waals surface area contributed by atoms with Gasteiger partial charge in [0.1, 0.15) is 6.10 Å². The first-order valence-electron chi connectivity index (χ1n) is 8.58. The fraction of sp³-hybridized carbons (Fsp3) is 0.316. The number of hydrogen-bond donors (Lipinski definition) is 1. The van der Waals surface area contributed by atoms with Crippen molar-refractivity contribution in [3.05, 3.63) is 59.7 Å². The number of amides is 1. The minimum atomic E-state index is -3.57. The Labute approximate surface area is 153 Å². The van der Waals surface area contributed by atoms with Gasteiger partial charge < -0.3 is 4.74 Å². The summed E-state index contributed by atoms with van der Waals surface area (Å²) in [6, 6.07) is 13.8. The molecule has 0 bridgehead atoms. The molecule has 6 nitrogen and oxygen atoms in total. The van der Waals surface area contributed by atoms with Crippen molar-refractivity contribution in [3.8, 4) is 0 Å². The van der Waals surface area contributed by atoms with Gasteiger partial charge in [-0.25, -0.2) is 17.9 Å².